The Morgan fingerprint density at radius 1 is 1.09 bits per heavy atom. The van der Waals surface area contributed by atoms with Crippen LogP contribution in [-0.4, -0.2) is 49.7 Å². The van der Waals surface area contributed by atoms with Crippen LogP contribution in [-0.2, 0) is 11.3 Å². The predicted molar refractivity (Wildman–Crippen MR) is 138 cm³/mol. The van der Waals surface area contributed by atoms with E-state index in [0.717, 1.165) is 30.9 Å². The SMILES string of the molecule is CN=C(NCC(OC)c1ccc(F)cc1)NC1CC2CCC(C1)N2Cc1ccccc1.I. The fraction of sp³-hybridized carbons (Fsp3) is 0.480. The highest BCUT2D eigenvalue weighted by molar-refractivity contribution is 14.0. The van der Waals surface area contributed by atoms with Gasteiger partial charge in [0.05, 0.1) is 6.10 Å². The van der Waals surface area contributed by atoms with Gasteiger partial charge in [0.2, 0.25) is 0 Å². The number of fused-ring (bicyclic) bond motifs is 2. The summed E-state index contributed by atoms with van der Waals surface area (Å²) in [4.78, 5) is 7.11. The molecule has 2 aliphatic heterocycles. The van der Waals surface area contributed by atoms with Gasteiger partial charge >= 0.3 is 0 Å². The molecule has 4 rings (SSSR count). The average molecular weight is 552 g/mol. The van der Waals surface area contributed by atoms with Gasteiger partial charge in [-0.3, -0.25) is 9.89 Å². The molecule has 0 amide bonds. The Balaban J connectivity index is 0.00000289. The Morgan fingerprint density at radius 2 is 1.75 bits per heavy atom. The molecular formula is C25H34FIN4O. The Hall–Kier alpha value is -1.71. The first-order chi connectivity index (χ1) is 15.2. The van der Waals surface area contributed by atoms with Crippen LogP contribution in [0, 0.1) is 5.82 Å². The van der Waals surface area contributed by atoms with Crippen LogP contribution in [0.3, 0.4) is 0 Å². The molecule has 2 aromatic carbocycles. The summed E-state index contributed by atoms with van der Waals surface area (Å²) in [5.74, 6) is 0.558. The van der Waals surface area contributed by atoms with Crippen LogP contribution in [0.15, 0.2) is 59.6 Å². The number of ether oxygens (including phenoxy) is 1. The molecule has 0 spiro atoms. The number of benzene rings is 2. The summed E-state index contributed by atoms with van der Waals surface area (Å²) in [5, 5.41) is 7.02. The van der Waals surface area contributed by atoms with E-state index in [9.17, 15) is 4.39 Å². The minimum atomic E-state index is -0.239. The van der Waals surface area contributed by atoms with Gasteiger partial charge < -0.3 is 15.4 Å². The normalized spacial score (nSPS) is 24.0. The minimum Gasteiger partial charge on any atom is -0.375 e. The summed E-state index contributed by atoms with van der Waals surface area (Å²) in [6, 6.07) is 18.9. The molecule has 0 saturated carbocycles. The van der Waals surface area contributed by atoms with Crippen LogP contribution < -0.4 is 10.6 Å². The topological polar surface area (TPSA) is 48.9 Å². The molecule has 7 heteroatoms. The Kier molecular flexibility index (Phi) is 9.31. The monoisotopic (exact) mass is 552 g/mol. The number of aliphatic imine (C=N–C) groups is 1. The van der Waals surface area contributed by atoms with Gasteiger partial charge in [0, 0.05) is 45.4 Å². The Bertz CT molecular complexity index is 850. The molecule has 2 heterocycles. The van der Waals surface area contributed by atoms with Gasteiger partial charge in [-0.2, -0.15) is 0 Å². The molecule has 2 aromatic rings. The molecule has 2 saturated heterocycles. The molecule has 32 heavy (non-hydrogen) atoms. The zero-order valence-electron chi connectivity index (χ0n) is 18.8. The van der Waals surface area contributed by atoms with Crippen molar-refractivity contribution in [3.8, 4) is 0 Å². The Morgan fingerprint density at radius 3 is 2.34 bits per heavy atom. The number of halogens is 2. The summed E-state index contributed by atoms with van der Waals surface area (Å²) in [5.41, 5.74) is 2.34. The first-order valence-electron chi connectivity index (χ1n) is 11.2. The summed E-state index contributed by atoms with van der Waals surface area (Å²) >= 11 is 0. The van der Waals surface area contributed by atoms with Crippen molar-refractivity contribution in [1.29, 1.82) is 0 Å². The molecule has 2 aliphatic rings. The molecule has 0 aliphatic carbocycles. The molecular weight excluding hydrogens is 518 g/mol. The van der Waals surface area contributed by atoms with Gasteiger partial charge in [0.15, 0.2) is 5.96 Å². The lowest BCUT2D eigenvalue weighted by Crippen LogP contribution is -2.52. The van der Waals surface area contributed by atoms with E-state index in [2.05, 4.69) is 50.9 Å². The second-order valence-corrected chi connectivity index (χ2v) is 8.58. The average Bonchev–Trinajstić information content (AvgIpc) is 3.02. The summed E-state index contributed by atoms with van der Waals surface area (Å²) < 4.78 is 18.8. The zero-order chi connectivity index (χ0) is 21.6. The van der Waals surface area contributed by atoms with Crippen molar-refractivity contribution < 1.29 is 9.13 Å². The van der Waals surface area contributed by atoms with Crippen LogP contribution in [0.5, 0.6) is 0 Å². The van der Waals surface area contributed by atoms with Crippen molar-refractivity contribution in [3.05, 3.63) is 71.5 Å². The van der Waals surface area contributed by atoms with Crippen LogP contribution >= 0.6 is 24.0 Å². The maximum atomic E-state index is 13.2. The lowest BCUT2D eigenvalue weighted by molar-refractivity contribution is 0.105. The molecule has 2 N–H and O–H groups in total. The van der Waals surface area contributed by atoms with Crippen molar-refractivity contribution in [2.75, 3.05) is 20.7 Å². The van der Waals surface area contributed by atoms with E-state index in [0.29, 0.717) is 24.7 Å². The maximum Gasteiger partial charge on any atom is 0.191 e. The van der Waals surface area contributed by atoms with Gasteiger partial charge in [0.1, 0.15) is 5.82 Å². The van der Waals surface area contributed by atoms with Crippen molar-refractivity contribution in [2.45, 2.75) is 56.5 Å². The molecule has 2 bridgehead atoms. The largest absolute Gasteiger partial charge is 0.375 e. The number of piperidine rings is 1. The van der Waals surface area contributed by atoms with Crippen molar-refractivity contribution in [2.24, 2.45) is 4.99 Å². The van der Waals surface area contributed by atoms with Crippen LogP contribution in [0.2, 0.25) is 0 Å². The van der Waals surface area contributed by atoms with Gasteiger partial charge in [-0.25, -0.2) is 4.39 Å². The lowest BCUT2D eigenvalue weighted by atomic mass is 9.96. The van der Waals surface area contributed by atoms with Crippen molar-refractivity contribution in [1.82, 2.24) is 15.5 Å². The third-order valence-corrected chi connectivity index (χ3v) is 6.64. The van der Waals surface area contributed by atoms with Crippen molar-refractivity contribution >= 4 is 29.9 Å². The number of methoxy groups -OCH3 is 1. The van der Waals surface area contributed by atoms with Gasteiger partial charge in [0.25, 0.3) is 0 Å². The number of nitrogens with one attached hydrogen (secondary N) is 2. The van der Waals surface area contributed by atoms with Gasteiger partial charge in [-0.05, 0) is 48.9 Å². The highest BCUT2D eigenvalue weighted by Crippen LogP contribution is 2.36. The van der Waals surface area contributed by atoms with E-state index in [1.807, 2.05) is 0 Å². The zero-order valence-corrected chi connectivity index (χ0v) is 21.2. The first-order valence-corrected chi connectivity index (χ1v) is 11.2. The first kappa shape index (κ1) is 24.9. The second kappa shape index (κ2) is 12.0. The highest BCUT2D eigenvalue weighted by atomic mass is 127. The van der Waals surface area contributed by atoms with Gasteiger partial charge in [-0.1, -0.05) is 42.5 Å². The molecule has 0 aromatic heterocycles. The fourth-order valence-corrected chi connectivity index (χ4v) is 5.04. The third kappa shape index (κ3) is 6.20. The van der Waals surface area contributed by atoms with E-state index in [4.69, 9.17) is 4.74 Å². The van der Waals surface area contributed by atoms with E-state index in [1.54, 1.807) is 26.3 Å². The summed E-state index contributed by atoms with van der Waals surface area (Å²) in [7, 11) is 3.47. The second-order valence-electron chi connectivity index (χ2n) is 8.58. The minimum absolute atomic E-state index is 0. The smallest absolute Gasteiger partial charge is 0.191 e. The molecule has 5 nitrogen and oxygen atoms in total. The van der Waals surface area contributed by atoms with Crippen LogP contribution in [0.1, 0.15) is 42.9 Å². The standard InChI is InChI=1S/C25H33FN4O.HI/c1-27-25(28-16-24(31-2)19-8-10-20(26)11-9-19)29-21-14-22-12-13-23(15-21)30(22)17-18-6-4-3-5-7-18;/h3-11,21-24H,12-17H2,1-2H3,(H2,27,28,29);1H. The number of hydrogen-bond donors (Lipinski definition) is 2. The number of guanidine groups is 1. The van der Waals surface area contributed by atoms with Crippen LogP contribution in [0.4, 0.5) is 4.39 Å². The Labute approximate surface area is 207 Å². The van der Waals surface area contributed by atoms with E-state index < -0.39 is 0 Å². The lowest BCUT2D eigenvalue weighted by Gasteiger charge is -2.39. The van der Waals surface area contributed by atoms with Gasteiger partial charge in [-0.15, -0.1) is 24.0 Å². The predicted octanol–water partition coefficient (Wildman–Crippen LogP) is 4.49. The van der Waals surface area contributed by atoms with Crippen molar-refractivity contribution in [3.63, 3.8) is 0 Å². The highest BCUT2D eigenvalue weighted by Gasteiger charge is 2.40. The summed E-state index contributed by atoms with van der Waals surface area (Å²) in [6.45, 7) is 1.62. The summed E-state index contributed by atoms with van der Waals surface area (Å²) in [6.07, 6.45) is 4.66. The maximum absolute atomic E-state index is 13.2. The van der Waals surface area contributed by atoms with Crippen LogP contribution in [0.25, 0.3) is 0 Å². The molecule has 174 valence electrons. The van der Waals surface area contributed by atoms with E-state index in [1.165, 1.54) is 30.5 Å². The number of nitrogens with zero attached hydrogens (tertiary/aromatic N) is 2. The molecule has 3 unspecified atom stereocenters. The fourth-order valence-electron chi connectivity index (χ4n) is 5.04. The molecule has 2 fully saturated rings. The quantitative estimate of drug-likeness (QED) is 0.302. The van der Waals surface area contributed by atoms with E-state index in [-0.39, 0.29) is 35.9 Å². The molecule has 0 radical (unpaired) electrons. The number of rotatable bonds is 7. The third-order valence-electron chi connectivity index (χ3n) is 6.64. The van der Waals surface area contributed by atoms with E-state index >= 15 is 0 Å². The number of hydrogen-bond acceptors (Lipinski definition) is 3. The molecule has 3 atom stereocenters.